The normalized spacial score (nSPS) is 16.4. The molecule has 342 valence electrons. The predicted molar refractivity (Wildman–Crippen MR) is 289 cm³/mol. The first kappa shape index (κ1) is 45.1. The number of fused-ring (bicyclic) bond motifs is 3. The molecule has 0 atom stereocenters. The first-order valence-electron chi connectivity index (χ1n) is 25.8. The van der Waals surface area contributed by atoms with Crippen LogP contribution in [0, 0.1) is 6.92 Å². The minimum atomic E-state index is -0.0974. The highest BCUT2D eigenvalue weighted by atomic mass is 15.1. The lowest BCUT2D eigenvalue weighted by Crippen LogP contribution is -2.16. The van der Waals surface area contributed by atoms with Crippen molar-refractivity contribution >= 4 is 17.1 Å². The van der Waals surface area contributed by atoms with Crippen LogP contribution in [0.4, 0.5) is 17.1 Å². The van der Waals surface area contributed by atoms with Gasteiger partial charge in [-0.15, -0.1) is 0 Å². The van der Waals surface area contributed by atoms with Gasteiger partial charge in [0.05, 0.1) is 0 Å². The van der Waals surface area contributed by atoms with E-state index in [0.29, 0.717) is 11.8 Å². The Hall–Kier alpha value is -5.66. The maximum Gasteiger partial charge on any atom is 0.0465 e. The van der Waals surface area contributed by atoms with E-state index in [4.69, 9.17) is 0 Å². The molecule has 0 spiro atoms. The monoisotopic (exact) mass is 880 g/mol. The molecule has 67 heavy (non-hydrogen) atoms. The van der Waals surface area contributed by atoms with Crippen LogP contribution in [0.5, 0.6) is 0 Å². The molecule has 2 saturated carbocycles. The number of hydrogen-bond acceptors (Lipinski definition) is 1. The van der Waals surface area contributed by atoms with Gasteiger partial charge in [-0.25, -0.2) is 0 Å². The minimum Gasteiger partial charge on any atom is -0.310 e. The van der Waals surface area contributed by atoms with Gasteiger partial charge >= 0.3 is 0 Å². The largest absolute Gasteiger partial charge is 0.310 e. The highest BCUT2D eigenvalue weighted by Gasteiger charge is 2.36. The zero-order valence-electron chi connectivity index (χ0n) is 42.0. The molecule has 10 rings (SSSR count). The molecule has 2 fully saturated rings. The molecule has 0 unspecified atom stereocenters. The van der Waals surface area contributed by atoms with E-state index in [9.17, 15) is 0 Å². The molecule has 0 heterocycles. The molecule has 0 aromatic heterocycles. The Kier molecular flexibility index (Phi) is 12.0. The summed E-state index contributed by atoms with van der Waals surface area (Å²) in [5.74, 6) is 1.39. The van der Waals surface area contributed by atoms with E-state index in [0.717, 1.165) is 11.4 Å². The number of hydrogen-bond donors (Lipinski definition) is 0. The average molecular weight is 880 g/mol. The fraction of sp³-hybridized carbons (Fsp3) is 0.364. The maximum absolute atomic E-state index is 2.62. The van der Waals surface area contributed by atoms with Crippen molar-refractivity contribution in [3.8, 4) is 44.5 Å². The van der Waals surface area contributed by atoms with Gasteiger partial charge in [0.15, 0.2) is 0 Å². The van der Waals surface area contributed by atoms with Crippen molar-refractivity contribution in [2.75, 3.05) is 4.90 Å². The van der Waals surface area contributed by atoms with Crippen LogP contribution in [-0.2, 0) is 16.2 Å². The van der Waals surface area contributed by atoms with Gasteiger partial charge in [0.2, 0.25) is 0 Å². The first-order valence-corrected chi connectivity index (χ1v) is 25.8. The summed E-state index contributed by atoms with van der Waals surface area (Å²) < 4.78 is 0. The van der Waals surface area contributed by atoms with Gasteiger partial charge in [-0.1, -0.05) is 197 Å². The van der Waals surface area contributed by atoms with Crippen LogP contribution < -0.4 is 4.90 Å². The van der Waals surface area contributed by atoms with Gasteiger partial charge in [-0.05, 0) is 181 Å². The van der Waals surface area contributed by atoms with E-state index >= 15 is 0 Å². The van der Waals surface area contributed by atoms with E-state index < -0.39 is 0 Å². The summed E-state index contributed by atoms with van der Waals surface area (Å²) in [4.78, 5) is 2.46. The SMILES string of the molecule is Cc1ccc(-c2cc(C3CCCCC3)cc(C3CCCCC3)c2)cc1-c1ccc(N(c2ccc(-c3cc(C(C)(C)C)cc(C(C)(C)C)c3)cc2)c2ccc3c(c2)C(C)(C)c2ccccc2-3)cc1. The summed E-state index contributed by atoms with van der Waals surface area (Å²) in [7, 11) is 0. The van der Waals surface area contributed by atoms with Gasteiger partial charge < -0.3 is 4.90 Å². The quantitative estimate of drug-likeness (QED) is 0.147. The molecular formula is C66H73N. The summed E-state index contributed by atoms with van der Waals surface area (Å²) in [6.45, 7) is 21.0. The van der Waals surface area contributed by atoms with Crippen LogP contribution >= 0.6 is 0 Å². The molecule has 0 amide bonds. The third-order valence-electron chi connectivity index (χ3n) is 16.1. The van der Waals surface area contributed by atoms with Crippen LogP contribution in [0.25, 0.3) is 44.5 Å². The Morgan fingerprint density at radius 3 is 1.46 bits per heavy atom. The molecule has 7 aromatic carbocycles. The lowest BCUT2D eigenvalue weighted by molar-refractivity contribution is 0.435. The maximum atomic E-state index is 2.62. The van der Waals surface area contributed by atoms with Crippen molar-refractivity contribution in [3.05, 3.63) is 185 Å². The molecule has 0 bridgehead atoms. The van der Waals surface area contributed by atoms with Gasteiger partial charge in [0, 0.05) is 22.5 Å². The van der Waals surface area contributed by atoms with Crippen molar-refractivity contribution in [3.63, 3.8) is 0 Å². The van der Waals surface area contributed by atoms with E-state index in [1.807, 2.05) is 0 Å². The fourth-order valence-corrected chi connectivity index (χ4v) is 11.8. The number of rotatable bonds is 8. The molecule has 7 aromatic rings. The second-order valence-corrected chi connectivity index (χ2v) is 23.2. The average Bonchev–Trinajstić information content (AvgIpc) is 3.57. The summed E-state index contributed by atoms with van der Waals surface area (Å²) in [5, 5.41) is 0. The number of benzene rings is 7. The number of nitrogens with zero attached hydrogens (tertiary/aromatic N) is 1. The number of anilines is 3. The minimum absolute atomic E-state index is 0.0530. The van der Waals surface area contributed by atoms with Gasteiger partial charge in [0.1, 0.15) is 0 Å². The van der Waals surface area contributed by atoms with Crippen molar-refractivity contribution in [1.29, 1.82) is 0 Å². The molecule has 1 nitrogen and oxygen atoms in total. The van der Waals surface area contributed by atoms with E-state index in [-0.39, 0.29) is 16.2 Å². The standard InChI is InChI=1S/C66H73N/c1-44-24-25-49(52-37-50(45-18-12-10-13-19-45)36-51(38-52)46-20-14-11-15-21-46)41-61(44)48-28-32-57(33-29-48)67(58-34-35-60-59-22-16-17-23-62(59)66(8,9)63(60)43-58)56-30-26-47(27-31-56)53-39-54(64(2,3)4)42-55(40-53)65(5,6)7/h16-17,22-43,45-46H,10-15,18-21H2,1-9H3. The Bertz CT molecular complexity index is 2830. The van der Waals surface area contributed by atoms with Crippen molar-refractivity contribution in [2.24, 2.45) is 0 Å². The number of aryl methyl sites for hydroxylation is 1. The third-order valence-corrected chi connectivity index (χ3v) is 16.1. The van der Waals surface area contributed by atoms with E-state index in [1.54, 1.807) is 11.1 Å². The highest BCUT2D eigenvalue weighted by Crippen LogP contribution is 2.51. The topological polar surface area (TPSA) is 3.24 Å². The second-order valence-electron chi connectivity index (χ2n) is 23.2. The molecule has 3 aliphatic rings. The zero-order chi connectivity index (χ0) is 46.7. The summed E-state index contributed by atoms with van der Waals surface area (Å²) in [5.41, 5.74) is 24.0. The molecule has 0 radical (unpaired) electrons. The van der Waals surface area contributed by atoms with E-state index in [2.05, 4.69) is 213 Å². The Morgan fingerprint density at radius 2 is 0.896 bits per heavy atom. The van der Waals surface area contributed by atoms with E-state index in [1.165, 1.54) is 142 Å². The fourth-order valence-electron chi connectivity index (χ4n) is 11.8. The van der Waals surface area contributed by atoms with Gasteiger partial charge in [-0.2, -0.15) is 0 Å². The summed E-state index contributed by atoms with van der Waals surface area (Å²) >= 11 is 0. The predicted octanol–water partition coefficient (Wildman–Crippen LogP) is 19.5. The van der Waals surface area contributed by atoms with Crippen LogP contribution in [-0.4, -0.2) is 0 Å². The van der Waals surface area contributed by atoms with Gasteiger partial charge in [0.25, 0.3) is 0 Å². The Balaban J connectivity index is 1.04. The second kappa shape index (κ2) is 17.8. The third kappa shape index (κ3) is 8.97. The van der Waals surface area contributed by atoms with Gasteiger partial charge in [-0.3, -0.25) is 0 Å². The lowest BCUT2D eigenvalue weighted by Gasteiger charge is -2.29. The Morgan fingerprint density at radius 1 is 0.403 bits per heavy atom. The Labute approximate surface area is 403 Å². The molecular weight excluding hydrogens is 807 g/mol. The molecule has 0 N–H and O–H groups in total. The molecule has 1 heteroatoms. The van der Waals surface area contributed by atoms with Crippen molar-refractivity contribution < 1.29 is 0 Å². The highest BCUT2D eigenvalue weighted by molar-refractivity contribution is 5.87. The molecule has 3 aliphatic carbocycles. The van der Waals surface area contributed by atoms with Crippen LogP contribution in [0.15, 0.2) is 146 Å². The summed E-state index contributed by atoms with van der Waals surface area (Å²) in [6, 6.07) is 57.0. The van der Waals surface area contributed by atoms with Crippen LogP contribution in [0.1, 0.15) is 170 Å². The summed E-state index contributed by atoms with van der Waals surface area (Å²) in [6.07, 6.45) is 13.6. The smallest absolute Gasteiger partial charge is 0.0465 e. The lowest BCUT2D eigenvalue weighted by atomic mass is 9.78. The zero-order valence-corrected chi connectivity index (χ0v) is 42.0. The molecule has 0 saturated heterocycles. The first-order chi connectivity index (χ1) is 32.1. The molecule has 0 aliphatic heterocycles. The van der Waals surface area contributed by atoms with Crippen LogP contribution in [0.2, 0.25) is 0 Å². The van der Waals surface area contributed by atoms with Crippen LogP contribution in [0.3, 0.4) is 0 Å². The van der Waals surface area contributed by atoms with Crippen molar-refractivity contribution in [2.45, 2.75) is 155 Å². The van der Waals surface area contributed by atoms with Crippen molar-refractivity contribution in [1.82, 2.24) is 0 Å².